The third-order valence-electron chi connectivity index (χ3n) is 6.06. The van der Waals surface area contributed by atoms with E-state index in [0.29, 0.717) is 18.9 Å². The van der Waals surface area contributed by atoms with E-state index in [0.717, 1.165) is 6.07 Å². The molecule has 3 rings (SSSR count). The molecule has 0 radical (unpaired) electrons. The summed E-state index contributed by atoms with van der Waals surface area (Å²) in [6.45, 7) is 9.83. The number of aromatic nitrogens is 1. The summed E-state index contributed by atoms with van der Waals surface area (Å²) in [4.78, 5) is 12.8. The Morgan fingerprint density at radius 1 is 1.18 bits per heavy atom. The Morgan fingerprint density at radius 3 is 2.24 bits per heavy atom. The van der Waals surface area contributed by atoms with Crippen molar-refractivity contribution < 1.29 is 34.6 Å². The second-order valence-corrected chi connectivity index (χ2v) is 16.7. The number of halogens is 5. The fourth-order valence-corrected chi connectivity index (χ4v) is 4.86. The zero-order chi connectivity index (χ0) is 25.1. The van der Waals surface area contributed by atoms with Gasteiger partial charge in [-0.2, -0.15) is 21.6 Å². The van der Waals surface area contributed by atoms with Crippen molar-refractivity contribution in [2.75, 3.05) is 0 Å². The molecular weight excluding hydrogens is 550 g/mol. The van der Waals surface area contributed by atoms with Crippen molar-refractivity contribution in [2.45, 2.75) is 69.9 Å². The van der Waals surface area contributed by atoms with Gasteiger partial charge in [-0.15, -0.1) is 0 Å². The van der Waals surface area contributed by atoms with E-state index in [9.17, 15) is 30.8 Å². The third-order valence-corrected chi connectivity index (χ3v) is 12.4. The Kier molecular flexibility index (Phi) is 6.62. The minimum absolute atomic E-state index is 0.0154. The molecule has 0 aliphatic heterocycles. The number of fused-ring (bicyclic) bond motifs is 1. The molecule has 1 aliphatic carbocycles. The first kappa shape index (κ1) is 26.2. The van der Waals surface area contributed by atoms with Gasteiger partial charge < -0.3 is 13.2 Å². The number of pyridine rings is 1. The van der Waals surface area contributed by atoms with E-state index in [1.54, 1.807) is 0 Å². The lowest BCUT2D eigenvalue weighted by molar-refractivity contribution is -0.0499. The van der Waals surface area contributed by atoms with Crippen molar-refractivity contribution >= 4 is 45.3 Å². The summed E-state index contributed by atoms with van der Waals surface area (Å²) in [5, 5.41) is -0.447. The summed E-state index contributed by atoms with van der Waals surface area (Å²) in [5.74, 6) is -1.74. The number of rotatable bonds is 6. The molecule has 0 saturated heterocycles. The molecule has 0 unspecified atom stereocenters. The Morgan fingerprint density at radius 2 is 1.76 bits per heavy atom. The Hall–Kier alpha value is -1.44. The van der Waals surface area contributed by atoms with Crippen LogP contribution in [0.2, 0.25) is 18.1 Å². The zero-order valence-corrected chi connectivity index (χ0v) is 22.0. The summed E-state index contributed by atoms with van der Waals surface area (Å²) in [6.07, 6.45) is 1.29. The van der Waals surface area contributed by atoms with Gasteiger partial charge in [-0.25, -0.2) is 4.39 Å². The molecule has 6 nitrogen and oxygen atoms in total. The van der Waals surface area contributed by atoms with Crippen molar-refractivity contribution in [3.63, 3.8) is 0 Å². The van der Waals surface area contributed by atoms with E-state index in [4.69, 9.17) is 4.43 Å². The highest BCUT2D eigenvalue weighted by atomic mass is 79.9. The van der Waals surface area contributed by atoms with Crippen molar-refractivity contribution in [3.05, 3.63) is 38.3 Å². The third kappa shape index (κ3) is 5.01. The van der Waals surface area contributed by atoms with Gasteiger partial charge in [0.05, 0.1) is 16.6 Å². The molecule has 0 bridgehead atoms. The first-order chi connectivity index (χ1) is 14.9. The summed E-state index contributed by atoms with van der Waals surface area (Å²) in [5.41, 5.74) is -6.17. The Labute approximate surface area is 198 Å². The number of hydrogen-bond donors (Lipinski definition) is 0. The summed E-state index contributed by atoms with van der Waals surface area (Å²) in [7, 11) is -8.42. The Balaban J connectivity index is 2.28. The van der Waals surface area contributed by atoms with Crippen molar-refractivity contribution in [1.82, 2.24) is 4.57 Å². The Bertz CT molecular complexity index is 1260. The van der Waals surface area contributed by atoms with Crippen molar-refractivity contribution in [2.24, 2.45) is 0 Å². The van der Waals surface area contributed by atoms with Gasteiger partial charge >= 0.3 is 15.6 Å². The van der Waals surface area contributed by atoms with Gasteiger partial charge in [-0.05, 0) is 53.0 Å². The van der Waals surface area contributed by atoms with Crippen LogP contribution in [0, 0.1) is 5.82 Å². The zero-order valence-electron chi connectivity index (χ0n) is 18.6. The highest BCUT2D eigenvalue weighted by molar-refractivity contribution is 9.10. The van der Waals surface area contributed by atoms with Crippen LogP contribution < -0.4 is 9.74 Å². The fourth-order valence-electron chi connectivity index (χ4n) is 3.03. The molecular formula is C20H24BrF4NO5SSi. The normalized spacial score (nSPS) is 15.8. The SMILES string of the molecule is CC(C)(C)[Si](C)(C)OCc1c(Br)c(F)cc2c(OS(=O)(=O)C(F)(F)F)cc(=O)n(C3CC3)c12. The molecule has 2 aromatic rings. The largest absolute Gasteiger partial charge is 0.534 e. The first-order valence-corrected chi connectivity index (χ1v) is 15.2. The summed E-state index contributed by atoms with van der Waals surface area (Å²) < 4.78 is 88.7. The highest BCUT2D eigenvalue weighted by Gasteiger charge is 2.49. The molecule has 0 atom stereocenters. The van der Waals surface area contributed by atoms with Crippen LogP contribution in [0.25, 0.3) is 10.9 Å². The van der Waals surface area contributed by atoms with Crippen LogP contribution in [0.1, 0.15) is 45.2 Å². The van der Waals surface area contributed by atoms with Gasteiger partial charge in [0.15, 0.2) is 14.1 Å². The molecule has 0 amide bonds. The molecule has 1 fully saturated rings. The fraction of sp³-hybridized carbons (Fsp3) is 0.550. The van der Waals surface area contributed by atoms with Crippen LogP contribution in [-0.4, -0.2) is 26.8 Å². The van der Waals surface area contributed by atoms with Gasteiger partial charge in [-0.1, -0.05) is 20.8 Å². The quantitative estimate of drug-likeness (QED) is 0.184. The molecule has 1 aliphatic rings. The number of nitrogens with zero attached hydrogens (tertiary/aromatic N) is 1. The molecule has 1 aromatic carbocycles. The molecule has 184 valence electrons. The van der Waals surface area contributed by atoms with E-state index in [2.05, 4.69) is 20.1 Å². The molecule has 33 heavy (non-hydrogen) atoms. The van der Waals surface area contributed by atoms with Gasteiger partial charge in [0.2, 0.25) is 0 Å². The maximum atomic E-state index is 14.9. The average Bonchev–Trinajstić information content (AvgIpc) is 3.45. The van der Waals surface area contributed by atoms with Crippen LogP contribution in [0.3, 0.4) is 0 Å². The molecule has 0 N–H and O–H groups in total. The molecule has 1 heterocycles. The first-order valence-electron chi connectivity index (χ1n) is 10.1. The van der Waals surface area contributed by atoms with Crippen LogP contribution in [-0.2, 0) is 21.2 Å². The summed E-state index contributed by atoms with van der Waals surface area (Å²) >= 11 is 3.17. The standard InChI is InChI=1S/C20H24BrF4NO5SSi/c1-19(2,3)33(4,5)30-10-13-17(21)14(22)8-12-15(31-32(28,29)20(23,24)25)9-16(27)26(18(12)13)11-6-7-11/h8-9,11H,6-7,10H2,1-5H3. The minimum Gasteiger partial charge on any atom is -0.412 e. The summed E-state index contributed by atoms with van der Waals surface area (Å²) in [6, 6.07) is 1.27. The van der Waals surface area contributed by atoms with Crippen molar-refractivity contribution in [1.29, 1.82) is 0 Å². The lowest BCUT2D eigenvalue weighted by atomic mass is 10.1. The number of alkyl halides is 3. The van der Waals surface area contributed by atoms with Crippen LogP contribution >= 0.6 is 15.9 Å². The maximum Gasteiger partial charge on any atom is 0.534 e. The van der Waals surface area contributed by atoms with E-state index in [-0.39, 0.29) is 38.6 Å². The average molecular weight is 574 g/mol. The predicted molar refractivity (Wildman–Crippen MR) is 122 cm³/mol. The van der Waals surface area contributed by atoms with Crippen molar-refractivity contribution in [3.8, 4) is 5.75 Å². The van der Waals surface area contributed by atoms with E-state index in [1.165, 1.54) is 4.57 Å². The molecule has 1 aromatic heterocycles. The second kappa shape index (κ2) is 8.35. The second-order valence-electron chi connectivity index (χ2n) is 9.53. The van der Waals surface area contributed by atoms with Crippen LogP contribution in [0.5, 0.6) is 5.75 Å². The van der Waals surface area contributed by atoms with Crippen LogP contribution in [0.15, 0.2) is 21.4 Å². The van der Waals surface area contributed by atoms with Gasteiger partial charge in [-0.3, -0.25) is 4.79 Å². The van der Waals surface area contributed by atoms with E-state index >= 15 is 0 Å². The molecule has 1 saturated carbocycles. The maximum absolute atomic E-state index is 14.9. The lowest BCUT2D eigenvalue weighted by Gasteiger charge is -2.36. The van der Waals surface area contributed by atoms with Crippen LogP contribution in [0.4, 0.5) is 17.6 Å². The molecule has 13 heteroatoms. The molecule has 0 spiro atoms. The lowest BCUT2D eigenvalue weighted by Crippen LogP contribution is -2.40. The monoisotopic (exact) mass is 573 g/mol. The predicted octanol–water partition coefficient (Wildman–Crippen LogP) is 5.99. The number of hydrogen-bond acceptors (Lipinski definition) is 5. The van der Waals surface area contributed by atoms with Gasteiger partial charge in [0, 0.05) is 23.1 Å². The van der Waals surface area contributed by atoms with E-state index in [1.807, 2.05) is 33.9 Å². The number of benzene rings is 1. The van der Waals surface area contributed by atoms with Gasteiger partial charge in [0.1, 0.15) is 5.82 Å². The highest BCUT2D eigenvalue weighted by Crippen LogP contribution is 2.43. The van der Waals surface area contributed by atoms with Gasteiger partial charge in [0.25, 0.3) is 5.56 Å². The minimum atomic E-state index is -6.07. The topological polar surface area (TPSA) is 74.6 Å². The smallest absolute Gasteiger partial charge is 0.412 e. The van der Waals surface area contributed by atoms with E-state index < -0.39 is 41.1 Å².